The van der Waals surface area contributed by atoms with Crippen LogP contribution in [0.5, 0.6) is 0 Å². The van der Waals surface area contributed by atoms with Gasteiger partial charge in [0.15, 0.2) is 0 Å². The van der Waals surface area contributed by atoms with Crippen LogP contribution < -0.4 is 11.3 Å². The van der Waals surface area contributed by atoms with Crippen LogP contribution in [0.4, 0.5) is 0 Å². The van der Waals surface area contributed by atoms with E-state index in [1.807, 2.05) is 0 Å². The van der Waals surface area contributed by atoms with Crippen molar-refractivity contribution in [1.82, 2.24) is 5.43 Å². The summed E-state index contributed by atoms with van der Waals surface area (Å²) >= 11 is 1.78. The predicted molar refractivity (Wildman–Crippen MR) is 78.6 cm³/mol. The lowest BCUT2D eigenvalue weighted by Gasteiger charge is -2.16. The summed E-state index contributed by atoms with van der Waals surface area (Å²) in [6, 6.07) is 11.0. The molecule has 0 aliphatic carbocycles. The van der Waals surface area contributed by atoms with Gasteiger partial charge >= 0.3 is 0 Å². The van der Waals surface area contributed by atoms with Crippen LogP contribution >= 0.6 is 11.3 Å². The average Bonchev–Trinajstić information content (AvgIpc) is 2.79. The van der Waals surface area contributed by atoms with E-state index in [0.717, 1.165) is 12.8 Å². The molecule has 0 radical (unpaired) electrons. The maximum Gasteiger partial charge on any atom is 0.0474 e. The van der Waals surface area contributed by atoms with E-state index in [0.29, 0.717) is 0 Å². The van der Waals surface area contributed by atoms with Crippen molar-refractivity contribution >= 4 is 11.3 Å². The van der Waals surface area contributed by atoms with Gasteiger partial charge in [0.1, 0.15) is 0 Å². The van der Waals surface area contributed by atoms with E-state index in [4.69, 9.17) is 5.84 Å². The molecule has 1 atom stereocenters. The molecule has 0 aliphatic rings. The highest BCUT2D eigenvalue weighted by atomic mass is 32.1. The van der Waals surface area contributed by atoms with E-state index >= 15 is 0 Å². The van der Waals surface area contributed by atoms with Crippen LogP contribution in [0, 0.1) is 13.8 Å². The van der Waals surface area contributed by atoms with Crippen molar-refractivity contribution in [1.29, 1.82) is 0 Å². The number of nitrogens with one attached hydrogen (secondary N) is 1. The van der Waals surface area contributed by atoms with E-state index in [1.165, 1.54) is 21.6 Å². The Morgan fingerprint density at radius 3 is 2.61 bits per heavy atom. The van der Waals surface area contributed by atoms with Crippen LogP contribution in [-0.2, 0) is 6.42 Å². The van der Waals surface area contributed by atoms with E-state index in [9.17, 15) is 0 Å². The molecule has 2 rings (SSSR count). The molecule has 96 valence electrons. The van der Waals surface area contributed by atoms with Crippen LogP contribution in [0.3, 0.4) is 0 Å². The first-order valence-corrected chi connectivity index (χ1v) is 7.15. The Bertz CT molecular complexity index is 505. The Labute approximate surface area is 113 Å². The fraction of sp³-hybridized carbons (Fsp3) is 0.333. The molecular formula is C15H20N2S. The third kappa shape index (κ3) is 2.99. The predicted octanol–water partition coefficient (Wildman–Crippen LogP) is 3.50. The molecule has 3 heteroatoms. The van der Waals surface area contributed by atoms with E-state index < -0.39 is 0 Å². The van der Waals surface area contributed by atoms with Gasteiger partial charge in [0.2, 0.25) is 0 Å². The number of hydrogen-bond acceptors (Lipinski definition) is 3. The van der Waals surface area contributed by atoms with Crippen molar-refractivity contribution in [2.45, 2.75) is 32.7 Å². The number of thiophene rings is 1. The number of rotatable bonds is 5. The molecule has 3 N–H and O–H groups in total. The van der Waals surface area contributed by atoms with E-state index in [-0.39, 0.29) is 6.04 Å². The number of benzene rings is 1. The lowest BCUT2D eigenvalue weighted by Crippen LogP contribution is -2.28. The van der Waals surface area contributed by atoms with Crippen LogP contribution in [0.1, 0.15) is 34.0 Å². The smallest absolute Gasteiger partial charge is 0.0474 e. The summed E-state index contributed by atoms with van der Waals surface area (Å²) in [7, 11) is 0. The summed E-state index contributed by atoms with van der Waals surface area (Å²) in [5.74, 6) is 5.69. The average molecular weight is 260 g/mol. The summed E-state index contributed by atoms with van der Waals surface area (Å²) in [5.41, 5.74) is 7.04. The van der Waals surface area contributed by atoms with Crippen molar-refractivity contribution in [2.24, 2.45) is 5.84 Å². The van der Waals surface area contributed by atoms with Crippen molar-refractivity contribution < 1.29 is 0 Å². The Balaban J connectivity index is 2.05. The Morgan fingerprint density at radius 1 is 1.22 bits per heavy atom. The quantitative estimate of drug-likeness (QED) is 0.638. The second-order valence-corrected chi connectivity index (χ2v) is 5.74. The molecule has 18 heavy (non-hydrogen) atoms. The summed E-state index contributed by atoms with van der Waals surface area (Å²) in [5, 5.41) is 2.13. The second-order valence-electron chi connectivity index (χ2n) is 4.62. The van der Waals surface area contributed by atoms with Crippen LogP contribution in [-0.4, -0.2) is 0 Å². The highest BCUT2D eigenvalue weighted by Crippen LogP contribution is 2.26. The molecule has 2 aromatic rings. The molecular weight excluding hydrogens is 240 g/mol. The molecule has 1 unspecified atom stereocenters. The molecule has 0 amide bonds. The van der Waals surface area contributed by atoms with Crippen molar-refractivity contribution in [3.8, 4) is 0 Å². The second kappa shape index (κ2) is 6.14. The van der Waals surface area contributed by atoms with Gasteiger partial charge in [0.25, 0.3) is 0 Å². The zero-order valence-corrected chi connectivity index (χ0v) is 11.8. The van der Waals surface area contributed by atoms with Gasteiger partial charge in [0, 0.05) is 10.9 Å². The van der Waals surface area contributed by atoms with Gasteiger partial charge in [-0.05, 0) is 54.8 Å². The Kier molecular flexibility index (Phi) is 4.53. The van der Waals surface area contributed by atoms with Gasteiger partial charge in [-0.25, -0.2) is 0 Å². The fourth-order valence-electron chi connectivity index (χ4n) is 2.28. The molecule has 1 aromatic carbocycles. The number of hydrogen-bond donors (Lipinski definition) is 2. The first-order valence-electron chi connectivity index (χ1n) is 6.27. The molecule has 0 fully saturated rings. The molecule has 1 heterocycles. The van der Waals surface area contributed by atoms with Gasteiger partial charge in [0.05, 0.1) is 0 Å². The van der Waals surface area contributed by atoms with Gasteiger partial charge in [-0.1, -0.05) is 24.3 Å². The number of aryl methyl sites for hydroxylation is 3. The summed E-state index contributed by atoms with van der Waals surface area (Å²) in [4.78, 5) is 1.35. The fourth-order valence-corrected chi connectivity index (χ4v) is 3.04. The summed E-state index contributed by atoms with van der Waals surface area (Å²) < 4.78 is 0. The molecule has 0 saturated carbocycles. The number of nitrogens with two attached hydrogens (primary N) is 1. The van der Waals surface area contributed by atoms with Gasteiger partial charge in [-0.15, -0.1) is 11.3 Å². The SMILES string of the molecule is Cc1ccccc1CCC(NN)c1ccsc1C. The molecule has 0 aliphatic heterocycles. The van der Waals surface area contributed by atoms with E-state index in [2.05, 4.69) is 55.0 Å². The lowest BCUT2D eigenvalue weighted by molar-refractivity contribution is 0.515. The normalized spacial score (nSPS) is 12.6. The van der Waals surface area contributed by atoms with Crippen LogP contribution in [0.25, 0.3) is 0 Å². The highest BCUT2D eigenvalue weighted by Gasteiger charge is 2.13. The largest absolute Gasteiger partial charge is 0.271 e. The number of hydrazine groups is 1. The maximum atomic E-state index is 5.69. The standard InChI is InChI=1S/C15H20N2S/c1-11-5-3-4-6-13(11)7-8-15(17-16)14-9-10-18-12(14)2/h3-6,9-10,15,17H,7-8,16H2,1-2H3. The minimum atomic E-state index is 0.246. The highest BCUT2D eigenvalue weighted by molar-refractivity contribution is 7.10. The minimum absolute atomic E-state index is 0.246. The third-order valence-corrected chi connectivity index (χ3v) is 4.30. The first-order chi connectivity index (χ1) is 8.72. The monoisotopic (exact) mass is 260 g/mol. The molecule has 2 nitrogen and oxygen atoms in total. The lowest BCUT2D eigenvalue weighted by atomic mass is 9.98. The molecule has 1 aromatic heterocycles. The molecule has 0 saturated heterocycles. The first kappa shape index (κ1) is 13.3. The maximum absolute atomic E-state index is 5.69. The summed E-state index contributed by atoms with van der Waals surface area (Å²) in [6.45, 7) is 4.31. The van der Waals surface area contributed by atoms with Crippen LogP contribution in [0.15, 0.2) is 35.7 Å². The summed E-state index contributed by atoms with van der Waals surface area (Å²) in [6.07, 6.45) is 2.08. The minimum Gasteiger partial charge on any atom is -0.271 e. The van der Waals surface area contributed by atoms with Gasteiger partial charge in [-0.3, -0.25) is 11.3 Å². The van der Waals surface area contributed by atoms with Crippen molar-refractivity contribution in [3.63, 3.8) is 0 Å². The Hall–Kier alpha value is -1.16. The van der Waals surface area contributed by atoms with Crippen molar-refractivity contribution in [2.75, 3.05) is 0 Å². The van der Waals surface area contributed by atoms with Crippen LogP contribution in [0.2, 0.25) is 0 Å². The van der Waals surface area contributed by atoms with E-state index in [1.54, 1.807) is 11.3 Å². The zero-order chi connectivity index (χ0) is 13.0. The Morgan fingerprint density at radius 2 is 2.00 bits per heavy atom. The third-order valence-electron chi connectivity index (χ3n) is 3.44. The zero-order valence-electron chi connectivity index (χ0n) is 10.9. The molecule has 0 bridgehead atoms. The van der Waals surface area contributed by atoms with Gasteiger partial charge < -0.3 is 0 Å². The topological polar surface area (TPSA) is 38.0 Å². The molecule has 0 spiro atoms. The van der Waals surface area contributed by atoms with Crippen molar-refractivity contribution in [3.05, 3.63) is 57.3 Å². The van der Waals surface area contributed by atoms with Gasteiger partial charge in [-0.2, -0.15) is 0 Å².